The first-order chi connectivity index (χ1) is 10.1. The molecule has 6 heteroatoms. The number of hydrogen-bond acceptors (Lipinski definition) is 4. The van der Waals surface area contributed by atoms with Crippen LogP contribution in [0.3, 0.4) is 0 Å². The van der Waals surface area contributed by atoms with E-state index in [2.05, 4.69) is 10.6 Å². The number of carbonyl (C=O) groups excluding carboxylic acids is 1. The van der Waals surface area contributed by atoms with Crippen molar-refractivity contribution in [3.05, 3.63) is 23.2 Å². The molecular formula is C15H22ClN3O2. The van der Waals surface area contributed by atoms with Crippen molar-refractivity contribution in [1.82, 2.24) is 4.90 Å². The molecule has 1 aliphatic rings. The lowest BCUT2D eigenvalue weighted by molar-refractivity contribution is -0.133. The predicted octanol–water partition coefficient (Wildman–Crippen LogP) is 2.43. The number of hydrogen-bond donors (Lipinski definition) is 2. The van der Waals surface area contributed by atoms with Gasteiger partial charge in [0.2, 0.25) is 5.91 Å². The lowest BCUT2D eigenvalue weighted by Gasteiger charge is -2.27. The first-order valence-electron chi connectivity index (χ1n) is 7.22. The summed E-state index contributed by atoms with van der Waals surface area (Å²) in [4.78, 5) is 14.0. The fourth-order valence-corrected chi connectivity index (χ4v) is 2.43. The van der Waals surface area contributed by atoms with Crippen molar-refractivity contribution >= 4 is 28.9 Å². The number of nitrogens with one attached hydrogen (secondary N) is 2. The molecule has 1 heterocycles. The molecule has 1 amide bonds. The van der Waals surface area contributed by atoms with Crippen LogP contribution in [0.25, 0.3) is 0 Å². The SMILES string of the molecule is CC(C)Nc1c(Cl)cccc1NCC(=O)N1CCOCC1. The van der Waals surface area contributed by atoms with E-state index in [-0.39, 0.29) is 18.5 Å². The van der Waals surface area contributed by atoms with Gasteiger partial charge in [-0.15, -0.1) is 0 Å². The fraction of sp³-hybridized carbons (Fsp3) is 0.533. The van der Waals surface area contributed by atoms with Crippen LogP contribution in [-0.2, 0) is 9.53 Å². The molecule has 0 aromatic heterocycles. The summed E-state index contributed by atoms with van der Waals surface area (Å²) in [6.45, 7) is 6.90. The number of morpholine rings is 1. The summed E-state index contributed by atoms with van der Waals surface area (Å²) < 4.78 is 5.25. The number of carbonyl (C=O) groups is 1. The van der Waals surface area contributed by atoms with Crippen molar-refractivity contribution < 1.29 is 9.53 Å². The number of rotatable bonds is 5. The number of amides is 1. The minimum absolute atomic E-state index is 0.0776. The highest BCUT2D eigenvalue weighted by Crippen LogP contribution is 2.30. The quantitative estimate of drug-likeness (QED) is 0.877. The lowest BCUT2D eigenvalue weighted by atomic mass is 10.2. The van der Waals surface area contributed by atoms with Crippen LogP contribution in [0, 0.1) is 0 Å². The van der Waals surface area contributed by atoms with Crippen LogP contribution in [0.5, 0.6) is 0 Å². The molecule has 2 rings (SSSR count). The number of benzene rings is 1. The van der Waals surface area contributed by atoms with Gasteiger partial charge in [0, 0.05) is 19.1 Å². The Bertz CT molecular complexity index is 488. The van der Waals surface area contributed by atoms with E-state index in [1.54, 1.807) is 0 Å². The molecule has 21 heavy (non-hydrogen) atoms. The summed E-state index contributed by atoms with van der Waals surface area (Å²) in [5.41, 5.74) is 1.68. The molecule has 1 fully saturated rings. The van der Waals surface area contributed by atoms with Crippen molar-refractivity contribution in [2.24, 2.45) is 0 Å². The van der Waals surface area contributed by atoms with Gasteiger partial charge in [0.15, 0.2) is 0 Å². The Hall–Kier alpha value is -1.46. The average molecular weight is 312 g/mol. The molecule has 0 bridgehead atoms. The maximum atomic E-state index is 12.1. The minimum atomic E-state index is 0.0776. The van der Waals surface area contributed by atoms with Gasteiger partial charge in [-0.05, 0) is 26.0 Å². The Kier molecular flexibility index (Phi) is 5.70. The molecule has 1 aromatic carbocycles. The maximum Gasteiger partial charge on any atom is 0.242 e. The Labute approximate surface area is 130 Å². The third-order valence-electron chi connectivity index (χ3n) is 3.24. The standard InChI is InChI=1S/C15H22ClN3O2/c1-11(2)18-15-12(16)4-3-5-13(15)17-10-14(20)19-6-8-21-9-7-19/h3-5,11,17-18H,6-10H2,1-2H3. The van der Waals surface area contributed by atoms with Gasteiger partial charge in [-0.1, -0.05) is 17.7 Å². The fourth-order valence-electron chi connectivity index (χ4n) is 2.20. The van der Waals surface area contributed by atoms with Crippen LogP contribution < -0.4 is 10.6 Å². The zero-order valence-electron chi connectivity index (χ0n) is 12.5. The van der Waals surface area contributed by atoms with Gasteiger partial charge in [-0.3, -0.25) is 4.79 Å². The van der Waals surface area contributed by atoms with Gasteiger partial charge < -0.3 is 20.3 Å². The Balaban J connectivity index is 1.99. The molecule has 1 saturated heterocycles. The van der Waals surface area contributed by atoms with Crippen LogP contribution in [0.2, 0.25) is 5.02 Å². The third-order valence-corrected chi connectivity index (χ3v) is 3.56. The first kappa shape index (κ1) is 15.9. The zero-order chi connectivity index (χ0) is 15.2. The summed E-state index contributed by atoms with van der Waals surface area (Å²) >= 11 is 6.22. The van der Waals surface area contributed by atoms with Gasteiger partial charge in [-0.2, -0.15) is 0 Å². The van der Waals surface area contributed by atoms with Crippen molar-refractivity contribution in [2.75, 3.05) is 43.5 Å². The second kappa shape index (κ2) is 7.52. The molecule has 1 aliphatic heterocycles. The van der Waals surface area contributed by atoms with E-state index in [9.17, 15) is 4.79 Å². The summed E-state index contributed by atoms with van der Waals surface area (Å²) in [5, 5.41) is 7.13. The van der Waals surface area contributed by atoms with E-state index in [1.165, 1.54) is 0 Å². The molecule has 5 nitrogen and oxygen atoms in total. The van der Waals surface area contributed by atoms with Crippen LogP contribution in [-0.4, -0.2) is 49.7 Å². The van der Waals surface area contributed by atoms with Gasteiger partial charge in [0.05, 0.1) is 36.2 Å². The first-order valence-corrected chi connectivity index (χ1v) is 7.60. The van der Waals surface area contributed by atoms with E-state index in [4.69, 9.17) is 16.3 Å². The van der Waals surface area contributed by atoms with Gasteiger partial charge >= 0.3 is 0 Å². The molecule has 0 radical (unpaired) electrons. The highest BCUT2D eigenvalue weighted by atomic mass is 35.5. The van der Waals surface area contributed by atoms with Crippen LogP contribution in [0.15, 0.2) is 18.2 Å². The molecule has 0 spiro atoms. The largest absolute Gasteiger partial charge is 0.380 e. The number of anilines is 2. The topological polar surface area (TPSA) is 53.6 Å². The van der Waals surface area contributed by atoms with E-state index in [0.29, 0.717) is 31.3 Å². The van der Waals surface area contributed by atoms with Crippen LogP contribution >= 0.6 is 11.6 Å². The number of halogens is 1. The highest BCUT2D eigenvalue weighted by molar-refractivity contribution is 6.34. The Morgan fingerprint density at radius 3 is 2.76 bits per heavy atom. The molecule has 1 aromatic rings. The van der Waals surface area contributed by atoms with Gasteiger partial charge in [0.25, 0.3) is 0 Å². The normalized spacial score (nSPS) is 15.1. The third kappa shape index (κ3) is 4.51. The molecule has 2 N–H and O–H groups in total. The number of nitrogens with zero attached hydrogens (tertiary/aromatic N) is 1. The maximum absolute atomic E-state index is 12.1. The summed E-state index contributed by atoms with van der Waals surface area (Å²) in [7, 11) is 0. The molecular weight excluding hydrogens is 290 g/mol. The molecule has 116 valence electrons. The second-order valence-electron chi connectivity index (χ2n) is 5.31. The number of para-hydroxylation sites is 1. The monoisotopic (exact) mass is 311 g/mol. The van der Waals surface area contributed by atoms with Gasteiger partial charge in [-0.25, -0.2) is 0 Å². The summed E-state index contributed by atoms with van der Waals surface area (Å²) in [6.07, 6.45) is 0. The molecule has 0 unspecified atom stereocenters. The van der Waals surface area contributed by atoms with E-state index < -0.39 is 0 Å². The van der Waals surface area contributed by atoms with E-state index in [1.807, 2.05) is 36.9 Å². The van der Waals surface area contributed by atoms with Crippen molar-refractivity contribution in [3.8, 4) is 0 Å². The van der Waals surface area contributed by atoms with Gasteiger partial charge in [0.1, 0.15) is 0 Å². The Morgan fingerprint density at radius 2 is 2.10 bits per heavy atom. The molecule has 0 aliphatic carbocycles. The zero-order valence-corrected chi connectivity index (χ0v) is 13.2. The van der Waals surface area contributed by atoms with E-state index in [0.717, 1.165) is 11.4 Å². The van der Waals surface area contributed by atoms with Crippen LogP contribution in [0.1, 0.15) is 13.8 Å². The molecule has 0 saturated carbocycles. The van der Waals surface area contributed by atoms with Crippen LogP contribution in [0.4, 0.5) is 11.4 Å². The molecule has 0 atom stereocenters. The Morgan fingerprint density at radius 1 is 1.38 bits per heavy atom. The van der Waals surface area contributed by atoms with E-state index >= 15 is 0 Å². The summed E-state index contributed by atoms with van der Waals surface area (Å²) in [5.74, 6) is 0.0776. The average Bonchev–Trinajstić information content (AvgIpc) is 2.48. The smallest absolute Gasteiger partial charge is 0.242 e. The van der Waals surface area contributed by atoms with Crippen molar-refractivity contribution in [3.63, 3.8) is 0 Å². The highest BCUT2D eigenvalue weighted by Gasteiger charge is 2.17. The van der Waals surface area contributed by atoms with Crippen molar-refractivity contribution in [2.45, 2.75) is 19.9 Å². The second-order valence-corrected chi connectivity index (χ2v) is 5.72. The summed E-state index contributed by atoms with van der Waals surface area (Å²) in [6, 6.07) is 5.89. The minimum Gasteiger partial charge on any atom is -0.380 e. The lowest BCUT2D eigenvalue weighted by Crippen LogP contribution is -2.43. The number of ether oxygens (including phenoxy) is 1. The predicted molar refractivity (Wildman–Crippen MR) is 86.1 cm³/mol. The van der Waals surface area contributed by atoms with Crippen molar-refractivity contribution in [1.29, 1.82) is 0 Å².